The first-order valence-corrected chi connectivity index (χ1v) is 8.68. The number of amides is 1. The van der Waals surface area contributed by atoms with Crippen LogP contribution < -0.4 is 10.1 Å². The van der Waals surface area contributed by atoms with Crippen molar-refractivity contribution in [3.05, 3.63) is 34.7 Å². The lowest BCUT2D eigenvalue weighted by Gasteiger charge is -2.49. The van der Waals surface area contributed by atoms with E-state index in [9.17, 15) is 14.7 Å². The zero-order chi connectivity index (χ0) is 16.9. The van der Waals surface area contributed by atoms with E-state index in [1.54, 1.807) is 18.2 Å². The third-order valence-electron chi connectivity index (χ3n) is 5.47. The summed E-state index contributed by atoms with van der Waals surface area (Å²) >= 11 is 5.91. The average Bonchev–Trinajstić information content (AvgIpc) is 2.55. The highest BCUT2D eigenvalue weighted by molar-refractivity contribution is 6.31. The van der Waals surface area contributed by atoms with Gasteiger partial charge >= 0.3 is 0 Å². The van der Waals surface area contributed by atoms with Crippen LogP contribution in [0.25, 0.3) is 0 Å². The molecule has 0 saturated heterocycles. The molecule has 3 aliphatic carbocycles. The number of rotatable bonds is 2. The van der Waals surface area contributed by atoms with Gasteiger partial charge in [0.25, 0.3) is 5.91 Å². The summed E-state index contributed by atoms with van der Waals surface area (Å²) in [5, 5.41) is 13.6. The number of Topliss-reactive ketones (excluding diaryl/α,β-unsaturated/α-hetero) is 1. The van der Waals surface area contributed by atoms with E-state index in [-0.39, 0.29) is 23.7 Å². The second-order valence-corrected chi connectivity index (χ2v) is 7.46. The van der Waals surface area contributed by atoms with E-state index in [1.807, 2.05) is 0 Å². The summed E-state index contributed by atoms with van der Waals surface area (Å²) in [6, 6.07) is 4.84. The molecule has 0 spiro atoms. The van der Waals surface area contributed by atoms with Crippen molar-refractivity contribution in [2.24, 2.45) is 0 Å². The Morgan fingerprint density at radius 2 is 2.08 bits per heavy atom. The van der Waals surface area contributed by atoms with Crippen molar-refractivity contribution in [3.8, 4) is 5.75 Å². The van der Waals surface area contributed by atoms with Gasteiger partial charge in [0.2, 0.25) is 0 Å². The van der Waals surface area contributed by atoms with Gasteiger partial charge in [-0.1, -0.05) is 11.6 Å². The molecule has 0 aromatic heterocycles. The van der Waals surface area contributed by atoms with E-state index < -0.39 is 12.2 Å². The first-order valence-electron chi connectivity index (χ1n) is 8.30. The maximum Gasteiger partial charge on any atom is 0.261 e. The summed E-state index contributed by atoms with van der Waals surface area (Å²) in [4.78, 5) is 25.0. The molecule has 6 heteroatoms. The number of ketones is 1. The van der Waals surface area contributed by atoms with Gasteiger partial charge in [0.1, 0.15) is 5.75 Å². The smallest absolute Gasteiger partial charge is 0.261 e. The van der Waals surface area contributed by atoms with Gasteiger partial charge in [0.05, 0.1) is 18.1 Å². The molecule has 1 heterocycles. The number of carbonyl (C=O) groups excluding carboxylic acids is 2. The molecule has 2 N–H and O–H groups in total. The summed E-state index contributed by atoms with van der Waals surface area (Å²) in [6.45, 7) is 0. The number of halogens is 1. The molecule has 127 valence electrons. The Hall–Kier alpha value is -1.59. The first kappa shape index (κ1) is 15.9. The van der Waals surface area contributed by atoms with Crippen LogP contribution >= 0.6 is 11.6 Å². The topological polar surface area (TPSA) is 75.6 Å². The van der Waals surface area contributed by atoms with Gasteiger partial charge in [-0.3, -0.25) is 9.59 Å². The van der Waals surface area contributed by atoms with Gasteiger partial charge in [-0.25, -0.2) is 0 Å². The van der Waals surface area contributed by atoms with E-state index in [1.165, 1.54) is 5.92 Å². The molecule has 1 aliphatic heterocycles. The fourth-order valence-electron chi connectivity index (χ4n) is 4.06. The molecule has 1 amide bonds. The molecule has 1 radical (unpaired) electrons. The Kier molecular flexibility index (Phi) is 3.81. The molecule has 2 atom stereocenters. The van der Waals surface area contributed by atoms with Gasteiger partial charge in [0, 0.05) is 16.5 Å². The molecular weight excluding hydrogens is 330 g/mol. The van der Waals surface area contributed by atoms with Crippen LogP contribution in [-0.4, -0.2) is 34.5 Å². The van der Waals surface area contributed by atoms with Crippen LogP contribution in [0.1, 0.15) is 48.9 Å². The summed E-state index contributed by atoms with van der Waals surface area (Å²) in [5.41, 5.74) is 0.0555. The number of nitrogens with one attached hydrogen (secondary N) is 1. The number of aliphatic hydroxyl groups is 1. The number of hydrogen-bond acceptors (Lipinski definition) is 4. The summed E-state index contributed by atoms with van der Waals surface area (Å²) in [5.74, 6) is 1.18. The lowest BCUT2D eigenvalue weighted by molar-refractivity contribution is -0.131. The minimum atomic E-state index is -0.829. The molecule has 3 saturated carbocycles. The van der Waals surface area contributed by atoms with Crippen LogP contribution in [0.15, 0.2) is 18.2 Å². The number of aliphatic hydroxyl groups excluding tert-OH is 1. The lowest BCUT2D eigenvalue weighted by Crippen LogP contribution is -2.60. The SMILES string of the molecule is O=C1CC(C(=O)NC23CC[C](CC2)[C@@H](O)C3)Oc2ccc(Cl)cc21. The fourth-order valence-corrected chi connectivity index (χ4v) is 4.23. The molecule has 1 aromatic rings. The number of ether oxygens (including phenoxy) is 1. The van der Waals surface area contributed by atoms with E-state index >= 15 is 0 Å². The largest absolute Gasteiger partial charge is 0.479 e. The summed E-state index contributed by atoms with van der Waals surface area (Å²) < 4.78 is 5.73. The molecule has 5 rings (SSSR count). The van der Waals surface area contributed by atoms with Crippen LogP contribution in [-0.2, 0) is 4.79 Å². The van der Waals surface area contributed by atoms with Crippen molar-refractivity contribution in [1.82, 2.24) is 5.32 Å². The predicted molar refractivity (Wildman–Crippen MR) is 88.0 cm³/mol. The number of carbonyl (C=O) groups is 2. The van der Waals surface area contributed by atoms with Crippen molar-refractivity contribution in [2.45, 2.75) is 56.3 Å². The van der Waals surface area contributed by atoms with Crippen molar-refractivity contribution >= 4 is 23.3 Å². The summed E-state index contributed by atoms with van der Waals surface area (Å²) in [6.07, 6.45) is 2.71. The minimum Gasteiger partial charge on any atom is -0.479 e. The van der Waals surface area contributed by atoms with Gasteiger partial charge in [0.15, 0.2) is 11.9 Å². The third-order valence-corrected chi connectivity index (χ3v) is 5.70. The maximum absolute atomic E-state index is 12.7. The van der Waals surface area contributed by atoms with E-state index in [4.69, 9.17) is 16.3 Å². The average molecular weight is 349 g/mol. The molecule has 1 unspecified atom stereocenters. The van der Waals surface area contributed by atoms with Gasteiger partial charge in [-0.05, 0) is 50.3 Å². The Morgan fingerprint density at radius 1 is 1.33 bits per heavy atom. The highest BCUT2D eigenvalue weighted by Crippen LogP contribution is 2.45. The zero-order valence-corrected chi connectivity index (χ0v) is 13.9. The monoisotopic (exact) mass is 348 g/mol. The van der Waals surface area contributed by atoms with Crippen LogP contribution in [0.5, 0.6) is 5.75 Å². The van der Waals surface area contributed by atoms with Gasteiger partial charge < -0.3 is 15.2 Å². The summed E-state index contributed by atoms with van der Waals surface area (Å²) in [7, 11) is 0. The van der Waals surface area contributed by atoms with Crippen LogP contribution in [0.2, 0.25) is 5.02 Å². The quantitative estimate of drug-likeness (QED) is 0.860. The first-order chi connectivity index (χ1) is 11.5. The minimum absolute atomic E-state index is 0.00911. The standard InChI is InChI=1S/C18H19ClNO4/c19-11-1-2-15-12(7-11)13(21)8-16(24-15)17(23)20-18-5-3-10(4-6-18)14(22)9-18/h1-2,7,14,16,22H,3-6,8-9H2,(H,20,23)/t14-,16?/m0/s1. The molecule has 5 nitrogen and oxygen atoms in total. The maximum atomic E-state index is 12.7. The second-order valence-electron chi connectivity index (χ2n) is 7.02. The Bertz CT molecular complexity index is 696. The van der Waals surface area contributed by atoms with Crippen molar-refractivity contribution in [3.63, 3.8) is 0 Å². The number of benzene rings is 1. The predicted octanol–water partition coefficient (Wildman–Crippen LogP) is 2.44. The Morgan fingerprint density at radius 3 is 2.79 bits per heavy atom. The Labute approximate surface area is 145 Å². The van der Waals surface area contributed by atoms with E-state index in [0.29, 0.717) is 22.8 Å². The van der Waals surface area contributed by atoms with Crippen LogP contribution in [0.3, 0.4) is 0 Å². The van der Waals surface area contributed by atoms with Crippen LogP contribution in [0.4, 0.5) is 0 Å². The van der Waals surface area contributed by atoms with E-state index in [2.05, 4.69) is 5.32 Å². The molecule has 3 fully saturated rings. The lowest BCUT2D eigenvalue weighted by atomic mass is 9.64. The Balaban J connectivity index is 1.49. The zero-order valence-electron chi connectivity index (χ0n) is 13.2. The molecule has 1 aromatic carbocycles. The number of hydrogen-bond donors (Lipinski definition) is 2. The van der Waals surface area contributed by atoms with Gasteiger partial charge in [-0.15, -0.1) is 0 Å². The van der Waals surface area contributed by atoms with E-state index in [0.717, 1.165) is 25.7 Å². The highest BCUT2D eigenvalue weighted by atomic mass is 35.5. The van der Waals surface area contributed by atoms with Crippen molar-refractivity contribution in [1.29, 1.82) is 0 Å². The van der Waals surface area contributed by atoms with Crippen LogP contribution in [0, 0.1) is 5.92 Å². The van der Waals surface area contributed by atoms with Gasteiger partial charge in [-0.2, -0.15) is 0 Å². The van der Waals surface area contributed by atoms with Crippen molar-refractivity contribution < 1.29 is 19.4 Å². The second kappa shape index (κ2) is 5.74. The molecule has 4 aliphatic rings. The number of fused-ring (bicyclic) bond motifs is 4. The van der Waals surface area contributed by atoms with Crippen molar-refractivity contribution in [2.75, 3.05) is 0 Å². The molecular formula is C18H19ClNO4. The normalized spacial score (nSPS) is 32.2. The third kappa shape index (κ3) is 2.70. The highest BCUT2D eigenvalue weighted by Gasteiger charge is 2.47. The molecule has 2 bridgehead atoms. The fraction of sp³-hybridized carbons (Fsp3) is 0.500. The molecule has 24 heavy (non-hydrogen) atoms.